The second-order valence-electron chi connectivity index (χ2n) is 8.06. The zero-order valence-electron chi connectivity index (χ0n) is 18.2. The number of hydrogen-bond donors (Lipinski definition) is 2. The van der Waals surface area contributed by atoms with Crippen LogP contribution in [0.2, 0.25) is 0 Å². The summed E-state index contributed by atoms with van der Waals surface area (Å²) >= 11 is 0. The van der Waals surface area contributed by atoms with Crippen LogP contribution in [0, 0.1) is 18.7 Å². The number of benzene rings is 3. The molecule has 1 fully saturated rings. The highest BCUT2D eigenvalue weighted by atomic mass is 19.1. The number of carbonyl (C=O) groups excluding carboxylic acids is 3. The highest BCUT2D eigenvalue weighted by Gasteiger charge is 2.36. The number of amides is 3. The number of nitrogens with one attached hydrogen (secondary N) is 2. The predicted molar refractivity (Wildman–Crippen MR) is 124 cm³/mol. The van der Waals surface area contributed by atoms with E-state index in [0.717, 1.165) is 11.1 Å². The van der Waals surface area contributed by atoms with Gasteiger partial charge in [-0.25, -0.2) is 4.39 Å². The lowest BCUT2D eigenvalue weighted by Gasteiger charge is -2.17. The third-order valence-corrected chi connectivity index (χ3v) is 5.64. The van der Waals surface area contributed by atoms with Crippen molar-refractivity contribution in [2.75, 3.05) is 16.8 Å². The van der Waals surface area contributed by atoms with E-state index in [1.807, 2.05) is 31.2 Å². The van der Waals surface area contributed by atoms with Gasteiger partial charge in [-0.1, -0.05) is 54.1 Å². The van der Waals surface area contributed by atoms with E-state index in [2.05, 4.69) is 10.6 Å². The van der Waals surface area contributed by atoms with Crippen LogP contribution in [-0.2, 0) is 16.1 Å². The van der Waals surface area contributed by atoms with Gasteiger partial charge in [0.2, 0.25) is 11.8 Å². The van der Waals surface area contributed by atoms with Crippen molar-refractivity contribution in [1.82, 2.24) is 5.32 Å². The van der Waals surface area contributed by atoms with Gasteiger partial charge in [-0.3, -0.25) is 14.4 Å². The Morgan fingerprint density at radius 2 is 1.70 bits per heavy atom. The van der Waals surface area contributed by atoms with Crippen LogP contribution in [0.4, 0.5) is 15.8 Å². The molecule has 7 heteroatoms. The molecule has 1 saturated heterocycles. The van der Waals surface area contributed by atoms with Crippen LogP contribution in [0.3, 0.4) is 0 Å². The van der Waals surface area contributed by atoms with E-state index < -0.39 is 11.7 Å². The first-order valence-corrected chi connectivity index (χ1v) is 10.7. The van der Waals surface area contributed by atoms with E-state index in [1.54, 1.807) is 36.4 Å². The topological polar surface area (TPSA) is 78.5 Å². The molecule has 3 amide bonds. The van der Waals surface area contributed by atoms with Gasteiger partial charge in [0.25, 0.3) is 5.91 Å². The lowest BCUT2D eigenvalue weighted by Crippen LogP contribution is -2.30. The number of rotatable bonds is 6. The Bertz CT molecular complexity index is 1190. The van der Waals surface area contributed by atoms with Crippen LogP contribution in [0.1, 0.15) is 27.9 Å². The molecule has 1 heterocycles. The van der Waals surface area contributed by atoms with Crippen LogP contribution < -0.4 is 15.5 Å². The minimum atomic E-state index is -0.652. The first kappa shape index (κ1) is 22.2. The Hall–Kier alpha value is -4.00. The number of nitrogens with zero attached hydrogens (tertiary/aromatic N) is 1. The molecule has 1 aliphatic heterocycles. The molecule has 0 spiro atoms. The standard InChI is InChI=1S/C26H24FN3O3/c1-17-10-12-18(13-11-17)15-28-26(33)20-6-2-4-8-22(20)29-25(32)19-14-24(31)30(16-19)23-9-5-3-7-21(23)27/h2-13,19H,14-16H2,1H3,(H,28,33)(H,29,32)/t19-/m0/s1. The Morgan fingerprint density at radius 1 is 1.00 bits per heavy atom. The summed E-state index contributed by atoms with van der Waals surface area (Å²) in [6, 6.07) is 20.5. The third kappa shape index (κ3) is 5.09. The maximum Gasteiger partial charge on any atom is 0.253 e. The third-order valence-electron chi connectivity index (χ3n) is 5.64. The Morgan fingerprint density at radius 3 is 2.45 bits per heavy atom. The first-order chi connectivity index (χ1) is 15.9. The zero-order chi connectivity index (χ0) is 23.4. The SMILES string of the molecule is Cc1ccc(CNC(=O)c2ccccc2NC(=O)[C@H]2CC(=O)N(c3ccccc3F)C2)cc1. The molecule has 6 nitrogen and oxygen atoms in total. The van der Waals surface area contributed by atoms with Gasteiger partial charge < -0.3 is 15.5 Å². The van der Waals surface area contributed by atoms with Gasteiger partial charge in [0, 0.05) is 19.5 Å². The molecule has 0 saturated carbocycles. The predicted octanol–water partition coefficient (Wildman–Crippen LogP) is 4.06. The second kappa shape index (κ2) is 9.65. The van der Waals surface area contributed by atoms with Crippen LogP contribution in [0.15, 0.2) is 72.8 Å². The fraction of sp³-hybridized carbons (Fsp3) is 0.192. The summed E-state index contributed by atoms with van der Waals surface area (Å²) in [5.74, 6) is -2.18. The average molecular weight is 445 g/mol. The first-order valence-electron chi connectivity index (χ1n) is 10.7. The monoisotopic (exact) mass is 445 g/mol. The number of aryl methyl sites for hydroxylation is 1. The van der Waals surface area contributed by atoms with Crippen molar-refractivity contribution in [2.45, 2.75) is 19.9 Å². The lowest BCUT2D eigenvalue weighted by molar-refractivity contribution is -0.122. The molecular weight excluding hydrogens is 421 g/mol. The van der Waals surface area contributed by atoms with Crippen molar-refractivity contribution in [3.8, 4) is 0 Å². The Balaban J connectivity index is 1.42. The van der Waals surface area contributed by atoms with Crippen LogP contribution in [0.25, 0.3) is 0 Å². The highest BCUT2D eigenvalue weighted by molar-refractivity contribution is 6.07. The zero-order valence-corrected chi connectivity index (χ0v) is 18.2. The van der Waals surface area contributed by atoms with E-state index in [-0.39, 0.29) is 36.4 Å². The molecule has 0 aromatic heterocycles. The fourth-order valence-electron chi connectivity index (χ4n) is 3.80. The van der Waals surface area contributed by atoms with E-state index >= 15 is 0 Å². The molecule has 0 bridgehead atoms. The van der Waals surface area contributed by atoms with Crippen molar-refractivity contribution < 1.29 is 18.8 Å². The molecule has 33 heavy (non-hydrogen) atoms. The summed E-state index contributed by atoms with van der Waals surface area (Å²) in [7, 11) is 0. The molecule has 0 unspecified atom stereocenters. The molecule has 1 aliphatic rings. The van der Waals surface area contributed by atoms with Gasteiger partial charge in [0.05, 0.1) is 22.9 Å². The fourth-order valence-corrected chi connectivity index (χ4v) is 3.80. The van der Waals surface area contributed by atoms with Gasteiger partial charge >= 0.3 is 0 Å². The number of halogens is 1. The number of hydrogen-bond acceptors (Lipinski definition) is 3. The van der Waals surface area contributed by atoms with Gasteiger partial charge in [-0.15, -0.1) is 0 Å². The maximum atomic E-state index is 14.1. The molecule has 1 atom stereocenters. The summed E-state index contributed by atoms with van der Waals surface area (Å²) in [5, 5.41) is 5.64. The molecular formula is C26H24FN3O3. The molecule has 3 aromatic carbocycles. The van der Waals surface area contributed by atoms with Crippen LogP contribution >= 0.6 is 0 Å². The Kier molecular flexibility index (Phi) is 6.49. The van der Waals surface area contributed by atoms with Crippen molar-refractivity contribution in [3.63, 3.8) is 0 Å². The normalized spacial score (nSPS) is 15.4. The number of carbonyl (C=O) groups is 3. The van der Waals surface area contributed by atoms with Crippen molar-refractivity contribution >= 4 is 29.1 Å². The van der Waals surface area contributed by atoms with Crippen molar-refractivity contribution in [2.24, 2.45) is 5.92 Å². The van der Waals surface area contributed by atoms with E-state index in [0.29, 0.717) is 17.8 Å². The molecule has 168 valence electrons. The number of anilines is 2. The van der Waals surface area contributed by atoms with Gasteiger partial charge in [-0.05, 0) is 36.8 Å². The van der Waals surface area contributed by atoms with E-state index in [9.17, 15) is 18.8 Å². The smallest absolute Gasteiger partial charge is 0.253 e. The summed E-state index contributed by atoms with van der Waals surface area (Å²) in [6.45, 7) is 2.43. The van der Waals surface area contributed by atoms with Gasteiger partial charge in [0.15, 0.2) is 0 Å². The minimum absolute atomic E-state index is 0.0258. The lowest BCUT2D eigenvalue weighted by atomic mass is 10.1. The van der Waals surface area contributed by atoms with Crippen molar-refractivity contribution in [3.05, 3.63) is 95.3 Å². The molecule has 3 aromatic rings. The molecule has 2 N–H and O–H groups in total. The molecule has 0 aliphatic carbocycles. The summed E-state index contributed by atoms with van der Waals surface area (Å²) in [5.41, 5.74) is 2.95. The second-order valence-corrected chi connectivity index (χ2v) is 8.06. The van der Waals surface area contributed by atoms with Crippen molar-refractivity contribution in [1.29, 1.82) is 0 Å². The van der Waals surface area contributed by atoms with Crippen LogP contribution in [0.5, 0.6) is 0 Å². The Labute approximate surface area is 191 Å². The summed E-state index contributed by atoms with van der Waals surface area (Å²) < 4.78 is 14.1. The summed E-state index contributed by atoms with van der Waals surface area (Å²) in [6.07, 6.45) is -0.0258. The molecule has 0 radical (unpaired) electrons. The van der Waals surface area contributed by atoms with E-state index in [4.69, 9.17) is 0 Å². The number of para-hydroxylation sites is 2. The van der Waals surface area contributed by atoms with Crippen LogP contribution in [-0.4, -0.2) is 24.3 Å². The van der Waals surface area contributed by atoms with Gasteiger partial charge in [0.1, 0.15) is 5.82 Å². The largest absolute Gasteiger partial charge is 0.348 e. The quantitative estimate of drug-likeness (QED) is 0.601. The van der Waals surface area contributed by atoms with Gasteiger partial charge in [-0.2, -0.15) is 0 Å². The summed E-state index contributed by atoms with van der Waals surface area (Å²) in [4.78, 5) is 39.4. The minimum Gasteiger partial charge on any atom is -0.348 e. The molecule has 4 rings (SSSR count). The average Bonchev–Trinajstić information content (AvgIpc) is 3.20. The van der Waals surface area contributed by atoms with E-state index in [1.165, 1.54) is 17.0 Å². The maximum absolute atomic E-state index is 14.1. The highest BCUT2D eigenvalue weighted by Crippen LogP contribution is 2.28.